The van der Waals surface area contributed by atoms with Gasteiger partial charge < -0.3 is 14.4 Å². The first-order valence-corrected chi connectivity index (χ1v) is 12.4. The summed E-state index contributed by atoms with van der Waals surface area (Å²) in [4.78, 5) is 28.5. The Balaban J connectivity index is 1.65. The van der Waals surface area contributed by atoms with Gasteiger partial charge in [-0.1, -0.05) is 65.7 Å². The minimum absolute atomic E-state index is 0.162. The largest absolute Gasteiger partial charge is 0.497 e. The van der Waals surface area contributed by atoms with E-state index in [1.54, 1.807) is 38.5 Å². The van der Waals surface area contributed by atoms with E-state index in [0.29, 0.717) is 22.8 Å². The summed E-state index contributed by atoms with van der Waals surface area (Å²) < 4.78 is 10.6. The van der Waals surface area contributed by atoms with Crippen molar-refractivity contribution in [1.29, 1.82) is 0 Å². The summed E-state index contributed by atoms with van der Waals surface area (Å²) in [7, 11) is 3.17. The molecule has 0 bridgehead atoms. The van der Waals surface area contributed by atoms with E-state index in [9.17, 15) is 9.59 Å². The number of carbonyl (C=O) groups is 2. The average Bonchev–Trinajstić information content (AvgIpc) is 3.37. The highest BCUT2D eigenvalue weighted by molar-refractivity contribution is 6.33. The van der Waals surface area contributed by atoms with Gasteiger partial charge in [0.15, 0.2) is 0 Å². The van der Waals surface area contributed by atoms with Crippen LogP contribution in [0.2, 0.25) is 5.02 Å². The van der Waals surface area contributed by atoms with Crippen molar-refractivity contribution in [3.8, 4) is 5.75 Å². The van der Waals surface area contributed by atoms with E-state index in [2.05, 4.69) is 0 Å². The molecule has 192 valence electrons. The molecule has 0 fully saturated rings. The van der Waals surface area contributed by atoms with Gasteiger partial charge in [-0.15, -0.1) is 0 Å². The molecular weight excluding hydrogens is 490 g/mol. The Morgan fingerprint density at radius 2 is 1.81 bits per heavy atom. The molecule has 0 saturated heterocycles. The summed E-state index contributed by atoms with van der Waals surface area (Å²) in [6, 6.07) is 22.2. The van der Waals surface area contributed by atoms with Gasteiger partial charge in [0.25, 0.3) is 11.8 Å². The van der Waals surface area contributed by atoms with Gasteiger partial charge >= 0.3 is 0 Å². The van der Waals surface area contributed by atoms with Crippen molar-refractivity contribution in [3.05, 3.63) is 100 Å². The van der Waals surface area contributed by atoms with Crippen LogP contribution in [-0.2, 0) is 9.53 Å². The van der Waals surface area contributed by atoms with E-state index in [0.717, 1.165) is 22.4 Å². The number of amides is 2. The summed E-state index contributed by atoms with van der Waals surface area (Å²) >= 11 is 6.28. The van der Waals surface area contributed by atoms with Crippen molar-refractivity contribution in [1.82, 2.24) is 9.91 Å². The molecule has 8 heteroatoms. The summed E-state index contributed by atoms with van der Waals surface area (Å²) in [5.74, 6) is 0.0898. The molecule has 0 spiro atoms. The van der Waals surface area contributed by atoms with Gasteiger partial charge in [-0.3, -0.25) is 9.59 Å². The number of benzene rings is 3. The van der Waals surface area contributed by atoms with Gasteiger partial charge in [0.2, 0.25) is 0 Å². The minimum atomic E-state index is -0.334. The molecule has 0 aromatic heterocycles. The second kappa shape index (κ2) is 12.0. The van der Waals surface area contributed by atoms with Gasteiger partial charge in [-0.05, 0) is 36.8 Å². The van der Waals surface area contributed by atoms with Crippen LogP contribution in [0.3, 0.4) is 0 Å². The maximum absolute atomic E-state index is 13.7. The van der Waals surface area contributed by atoms with E-state index in [-0.39, 0.29) is 37.6 Å². The lowest BCUT2D eigenvalue weighted by atomic mass is 9.97. The van der Waals surface area contributed by atoms with E-state index in [4.69, 9.17) is 26.2 Å². The van der Waals surface area contributed by atoms with Crippen LogP contribution in [0.25, 0.3) is 0 Å². The van der Waals surface area contributed by atoms with Crippen LogP contribution in [-0.4, -0.2) is 61.4 Å². The maximum atomic E-state index is 13.7. The lowest BCUT2D eigenvalue weighted by Gasteiger charge is -2.27. The van der Waals surface area contributed by atoms with Crippen LogP contribution in [0.15, 0.2) is 77.9 Å². The monoisotopic (exact) mass is 519 g/mol. The number of nitrogens with zero attached hydrogens (tertiary/aromatic N) is 3. The van der Waals surface area contributed by atoms with Crippen molar-refractivity contribution in [2.45, 2.75) is 19.4 Å². The third kappa shape index (κ3) is 6.18. The maximum Gasteiger partial charge on any atom is 0.262 e. The molecule has 0 aliphatic carbocycles. The zero-order chi connectivity index (χ0) is 26.4. The second-order valence-electron chi connectivity index (χ2n) is 8.85. The van der Waals surface area contributed by atoms with Gasteiger partial charge in [0, 0.05) is 25.6 Å². The molecule has 1 aliphatic heterocycles. The highest BCUT2D eigenvalue weighted by atomic mass is 35.5. The molecule has 3 aromatic rings. The first-order chi connectivity index (χ1) is 17.9. The van der Waals surface area contributed by atoms with E-state index >= 15 is 0 Å². The highest BCUT2D eigenvalue weighted by Crippen LogP contribution is 2.34. The summed E-state index contributed by atoms with van der Waals surface area (Å²) in [6.45, 7) is 2.38. The molecule has 1 heterocycles. The Labute approximate surface area is 222 Å². The predicted octanol–water partition coefficient (Wildman–Crippen LogP) is 5.12. The molecule has 0 unspecified atom stereocenters. The number of hydrogen-bond acceptors (Lipinski definition) is 5. The van der Waals surface area contributed by atoms with Crippen LogP contribution in [0.5, 0.6) is 5.75 Å². The quantitative estimate of drug-likeness (QED) is 0.393. The number of aryl methyl sites for hydroxylation is 1. The number of rotatable bonds is 9. The number of carbonyl (C=O) groups excluding carboxylic acids is 2. The molecule has 2 amide bonds. The SMILES string of the molecule is COCCN(CC(=O)N1N=C(c2cccc(OC)c2)C[C@@H]1c1ccc(C)cc1)C(=O)c1ccccc1Cl. The Morgan fingerprint density at radius 3 is 2.51 bits per heavy atom. The molecule has 37 heavy (non-hydrogen) atoms. The fraction of sp³-hybridized carbons (Fsp3) is 0.276. The zero-order valence-corrected chi connectivity index (χ0v) is 21.9. The lowest BCUT2D eigenvalue weighted by Crippen LogP contribution is -2.42. The molecule has 0 N–H and O–H groups in total. The summed E-state index contributed by atoms with van der Waals surface area (Å²) in [5.41, 5.74) is 4.10. The molecule has 7 nitrogen and oxygen atoms in total. The predicted molar refractivity (Wildman–Crippen MR) is 144 cm³/mol. The molecule has 0 radical (unpaired) electrons. The van der Waals surface area contributed by atoms with Crippen LogP contribution in [0.4, 0.5) is 0 Å². The molecule has 4 rings (SSSR count). The first-order valence-electron chi connectivity index (χ1n) is 12.0. The van der Waals surface area contributed by atoms with E-state index in [1.807, 2.05) is 55.5 Å². The Hall–Kier alpha value is -3.68. The Kier molecular flexibility index (Phi) is 8.58. The lowest BCUT2D eigenvalue weighted by molar-refractivity contribution is -0.133. The third-order valence-electron chi connectivity index (χ3n) is 6.31. The highest BCUT2D eigenvalue weighted by Gasteiger charge is 2.34. The summed E-state index contributed by atoms with van der Waals surface area (Å²) in [5, 5.41) is 6.58. The van der Waals surface area contributed by atoms with E-state index < -0.39 is 0 Å². The average molecular weight is 520 g/mol. The Bertz CT molecular complexity index is 1290. The number of hydrogen-bond donors (Lipinski definition) is 0. The fourth-order valence-corrected chi connectivity index (χ4v) is 4.48. The normalized spacial score (nSPS) is 14.9. The number of hydrazone groups is 1. The van der Waals surface area contributed by atoms with Crippen LogP contribution in [0, 0.1) is 6.92 Å². The van der Waals surface area contributed by atoms with Crippen molar-refractivity contribution >= 4 is 29.1 Å². The molecule has 0 saturated carbocycles. The molecule has 3 aromatic carbocycles. The zero-order valence-electron chi connectivity index (χ0n) is 21.2. The van der Waals surface area contributed by atoms with Crippen molar-refractivity contribution in [2.24, 2.45) is 5.10 Å². The van der Waals surface area contributed by atoms with Crippen molar-refractivity contribution in [3.63, 3.8) is 0 Å². The molecule has 1 aliphatic rings. The fourth-order valence-electron chi connectivity index (χ4n) is 4.26. The smallest absolute Gasteiger partial charge is 0.262 e. The van der Waals surface area contributed by atoms with Gasteiger partial charge in [-0.2, -0.15) is 5.10 Å². The first kappa shape index (κ1) is 26.4. The van der Waals surface area contributed by atoms with Crippen molar-refractivity contribution < 1.29 is 19.1 Å². The van der Waals surface area contributed by atoms with Gasteiger partial charge in [0.05, 0.1) is 36.1 Å². The number of methoxy groups -OCH3 is 2. The number of halogens is 1. The van der Waals surface area contributed by atoms with Crippen LogP contribution < -0.4 is 4.74 Å². The Morgan fingerprint density at radius 1 is 1.05 bits per heavy atom. The van der Waals surface area contributed by atoms with Gasteiger partial charge in [0.1, 0.15) is 12.3 Å². The van der Waals surface area contributed by atoms with Crippen LogP contribution in [0.1, 0.15) is 39.5 Å². The minimum Gasteiger partial charge on any atom is -0.497 e. The van der Waals surface area contributed by atoms with E-state index in [1.165, 1.54) is 9.91 Å². The topological polar surface area (TPSA) is 71.4 Å². The third-order valence-corrected chi connectivity index (χ3v) is 6.64. The standard InChI is InChI=1S/C29H30ClN3O4/c1-20-11-13-21(14-12-20)27-18-26(22-7-6-8-23(17-22)37-3)31-33(27)28(34)19-32(15-16-36-2)29(35)24-9-4-5-10-25(24)30/h4-14,17,27H,15-16,18-19H2,1-3H3/t27-/m1/s1. The molecule has 1 atom stereocenters. The van der Waals surface area contributed by atoms with Gasteiger partial charge in [-0.25, -0.2) is 5.01 Å². The summed E-state index contributed by atoms with van der Waals surface area (Å²) in [6.07, 6.45) is 0.540. The molecular formula is C29H30ClN3O4. The second-order valence-corrected chi connectivity index (χ2v) is 9.25. The van der Waals surface area contributed by atoms with Crippen LogP contribution >= 0.6 is 11.6 Å². The van der Waals surface area contributed by atoms with Crippen molar-refractivity contribution in [2.75, 3.05) is 33.9 Å². The number of ether oxygens (including phenoxy) is 2.